The number of halogens is 4. The van der Waals surface area contributed by atoms with Gasteiger partial charge in [-0.3, -0.25) is 4.79 Å². The van der Waals surface area contributed by atoms with Crippen molar-refractivity contribution in [1.82, 2.24) is 10.2 Å². The van der Waals surface area contributed by atoms with Crippen molar-refractivity contribution in [2.45, 2.75) is 42.5 Å². The summed E-state index contributed by atoms with van der Waals surface area (Å²) in [6, 6.07) is 2.79. The van der Waals surface area contributed by atoms with Crippen molar-refractivity contribution in [2.75, 3.05) is 17.2 Å². The van der Waals surface area contributed by atoms with E-state index in [0.29, 0.717) is 9.47 Å². The molecule has 27 heavy (non-hydrogen) atoms. The second-order valence-corrected chi connectivity index (χ2v) is 8.57. The van der Waals surface area contributed by atoms with Crippen LogP contribution in [-0.4, -0.2) is 27.9 Å². The highest BCUT2D eigenvalue weighted by molar-refractivity contribution is 8.02. The summed E-state index contributed by atoms with van der Waals surface area (Å²) < 4.78 is 39.0. The molecule has 1 aromatic carbocycles. The average molecular weight is 439 g/mol. The maximum Gasteiger partial charge on any atom is 0.416 e. The quantitative estimate of drug-likeness (QED) is 0.418. The number of anilines is 2. The molecule has 2 rings (SSSR count). The van der Waals surface area contributed by atoms with E-state index in [-0.39, 0.29) is 10.7 Å². The van der Waals surface area contributed by atoms with Gasteiger partial charge in [0.15, 0.2) is 4.34 Å². The fourth-order valence-corrected chi connectivity index (χ4v) is 4.02. The number of hydrogen-bond acceptors (Lipinski definition) is 6. The average Bonchev–Trinajstić information content (AvgIpc) is 3.03. The van der Waals surface area contributed by atoms with Gasteiger partial charge in [0.25, 0.3) is 0 Å². The SMILES string of the molecule is CCCCNc1nnc(SC(C)C(=O)Nc2cc(C(F)(F)F)ccc2Cl)s1. The first-order chi connectivity index (χ1) is 12.7. The molecule has 0 fully saturated rings. The highest BCUT2D eigenvalue weighted by atomic mass is 35.5. The van der Waals surface area contributed by atoms with E-state index in [9.17, 15) is 18.0 Å². The Morgan fingerprint density at radius 3 is 2.78 bits per heavy atom. The predicted molar refractivity (Wildman–Crippen MR) is 104 cm³/mol. The van der Waals surface area contributed by atoms with Crippen molar-refractivity contribution in [1.29, 1.82) is 0 Å². The Bertz CT molecular complexity index is 785. The van der Waals surface area contributed by atoms with Crippen LogP contribution in [0.15, 0.2) is 22.5 Å². The zero-order chi connectivity index (χ0) is 20.0. The van der Waals surface area contributed by atoms with Gasteiger partial charge in [-0.1, -0.05) is 48.0 Å². The first-order valence-corrected chi connectivity index (χ1v) is 10.2. The van der Waals surface area contributed by atoms with Gasteiger partial charge in [-0.15, -0.1) is 10.2 Å². The normalized spacial score (nSPS) is 12.7. The van der Waals surface area contributed by atoms with Gasteiger partial charge in [0.05, 0.1) is 21.5 Å². The highest BCUT2D eigenvalue weighted by Crippen LogP contribution is 2.34. The fourth-order valence-electron chi connectivity index (χ4n) is 1.94. The molecule has 148 valence electrons. The summed E-state index contributed by atoms with van der Waals surface area (Å²) in [4.78, 5) is 12.3. The third kappa shape index (κ3) is 6.54. The van der Waals surface area contributed by atoms with E-state index in [1.165, 1.54) is 23.1 Å². The maximum atomic E-state index is 12.8. The Morgan fingerprint density at radius 2 is 2.11 bits per heavy atom. The second kappa shape index (κ2) is 9.61. The van der Waals surface area contributed by atoms with E-state index in [0.717, 1.165) is 37.6 Å². The lowest BCUT2D eigenvalue weighted by Gasteiger charge is -2.14. The summed E-state index contributed by atoms with van der Waals surface area (Å²) in [5, 5.41) is 13.7. The van der Waals surface area contributed by atoms with Crippen LogP contribution in [0.5, 0.6) is 0 Å². The van der Waals surface area contributed by atoms with Crippen LogP contribution < -0.4 is 10.6 Å². The summed E-state index contributed by atoms with van der Waals surface area (Å²) in [6.07, 6.45) is -2.44. The number of benzene rings is 1. The lowest BCUT2D eigenvalue weighted by Crippen LogP contribution is -2.22. The molecule has 1 amide bonds. The molecule has 2 N–H and O–H groups in total. The second-order valence-electron chi connectivity index (χ2n) is 5.60. The van der Waals surface area contributed by atoms with Gasteiger partial charge in [-0.25, -0.2) is 0 Å². The van der Waals surface area contributed by atoms with Crippen LogP contribution in [0.3, 0.4) is 0 Å². The van der Waals surface area contributed by atoms with Gasteiger partial charge in [0, 0.05) is 6.54 Å². The van der Waals surface area contributed by atoms with Crippen molar-refractivity contribution in [3.8, 4) is 0 Å². The third-order valence-electron chi connectivity index (χ3n) is 3.41. The number of carbonyl (C=O) groups is 1. The van der Waals surface area contributed by atoms with Crippen molar-refractivity contribution in [3.63, 3.8) is 0 Å². The maximum absolute atomic E-state index is 12.8. The van der Waals surface area contributed by atoms with Crippen molar-refractivity contribution in [3.05, 3.63) is 28.8 Å². The highest BCUT2D eigenvalue weighted by Gasteiger charge is 2.31. The Hall–Kier alpha value is -1.52. The molecule has 1 aromatic heterocycles. The molecule has 0 aliphatic rings. The van der Waals surface area contributed by atoms with E-state index in [2.05, 4.69) is 27.8 Å². The molecular weight excluding hydrogens is 421 g/mol. The van der Waals surface area contributed by atoms with Gasteiger partial charge in [-0.2, -0.15) is 13.2 Å². The Labute approximate surface area is 168 Å². The monoisotopic (exact) mass is 438 g/mol. The molecule has 1 atom stereocenters. The van der Waals surface area contributed by atoms with Crippen LogP contribution in [0.4, 0.5) is 24.0 Å². The van der Waals surface area contributed by atoms with E-state index >= 15 is 0 Å². The molecule has 0 aliphatic heterocycles. The van der Waals surface area contributed by atoms with E-state index in [4.69, 9.17) is 11.6 Å². The summed E-state index contributed by atoms with van der Waals surface area (Å²) in [7, 11) is 0. The molecule has 0 radical (unpaired) electrons. The number of unbranched alkanes of at least 4 members (excludes halogenated alkanes) is 1. The smallest absolute Gasteiger partial charge is 0.360 e. The molecule has 0 bridgehead atoms. The van der Waals surface area contributed by atoms with Crippen molar-refractivity contribution >= 4 is 51.4 Å². The first kappa shape index (κ1) is 21.8. The number of thioether (sulfide) groups is 1. The Morgan fingerprint density at radius 1 is 1.37 bits per heavy atom. The van der Waals surface area contributed by atoms with Crippen LogP contribution in [0.1, 0.15) is 32.3 Å². The summed E-state index contributed by atoms with van der Waals surface area (Å²) in [5.74, 6) is -0.475. The molecule has 1 heterocycles. The lowest BCUT2D eigenvalue weighted by molar-refractivity contribution is -0.137. The summed E-state index contributed by atoms with van der Waals surface area (Å²) in [6.45, 7) is 4.51. The van der Waals surface area contributed by atoms with Crippen LogP contribution in [0.2, 0.25) is 5.02 Å². The number of hydrogen-bond donors (Lipinski definition) is 2. The molecule has 2 aromatic rings. The lowest BCUT2D eigenvalue weighted by atomic mass is 10.2. The third-order valence-corrected chi connectivity index (χ3v) is 5.81. The molecule has 5 nitrogen and oxygen atoms in total. The molecule has 0 saturated carbocycles. The zero-order valence-electron chi connectivity index (χ0n) is 14.6. The fraction of sp³-hybridized carbons (Fsp3) is 0.438. The minimum Gasteiger partial charge on any atom is -0.360 e. The van der Waals surface area contributed by atoms with Gasteiger partial charge >= 0.3 is 6.18 Å². The Balaban J connectivity index is 1.98. The number of rotatable bonds is 8. The van der Waals surface area contributed by atoms with Crippen LogP contribution in [-0.2, 0) is 11.0 Å². The number of amides is 1. The molecule has 11 heteroatoms. The molecular formula is C16H18ClF3N4OS2. The largest absolute Gasteiger partial charge is 0.416 e. The van der Waals surface area contributed by atoms with Crippen LogP contribution in [0.25, 0.3) is 0 Å². The van der Waals surface area contributed by atoms with Gasteiger partial charge in [-0.05, 0) is 31.5 Å². The first-order valence-electron chi connectivity index (χ1n) is 8.12. The number of nitrogens with zero attached hydrogens (tertiary/aromatic N) is 2. The zero-order valence-corrected chi connectivity index (χ0v) is 17.0. The number of alkyl halides is 3. The minimum absolute atomic E-state index is 0.0341. The molecule has 0 saturated heterocycles. The van der Waals surface area contributed by atoms with Gasteiger partial charge in [0.1, 0.15) is 0 Å². The number of carbonyl (C=O) groups excluding carboxylic acids is 1. The van der Waals surface area contributed by atoms with E-state index < -0.39 is 22.9 Å². The predicted octanol–water partition coefficient (Wildman–Crippen LogP) is 5.54. The van der Waals surface area contributed by atoms with Crippen LogP contribution in [0, 0.1) is 0 Å². The number of nitrogens with one attached hydrogen (secondary N) is 2. The summed E-state index contributed by atoms with van der Waals surface area (Å²) >= 11 is 8.39. The standard InChI is InChI=1S/C16H18ClF3N4OS2/c1-3-4-7-21-14-23-24-15(27-14)26-9(2)13(25)22-12-8-10(16(18,19)20)5-6-11(12)17/h5-6,8-9H,3-4,7H2,1-2H3,(H,21,23)(H,22,25). The van der Waals surface area contributed by atoms with Gasteiger partial charge < -0.3 is 10.6 Å². The summed E-state index contributed by atoms with van der Waals surface area (Å²) in [5.41, 5.74) is -0.961. The molecule has 0 aliphatic carbocycles. The Kier molecular flexibility index (Phi) is 7.75. The van der Waals surface area contributed by atoms with Crippen molar-refractivity contribution in [2.24, 2.45) is 0 Å². The van der Waals surface area contributed by atoms with Crippen LogP contribution >= 0.6 is 34.7 Å². The van der Waals surface area contributed by atoms with Crippen molar-refractivity contribution < 1.29 is 18.0 Å². The van der Waals surface area contributed by atoms with Gasteiger partial charge in [0.2, 0.25) is 11.0 Å². The van der Waals surface area contributed by atoms with E-state index in [1.807, 2.05) is 0 Å². The number of aromatic nitrogens is 2. The topological polar surface area (TPSA) is 66.9 Å². The minimum atomic E-state index is -4.52. The molecule has 1 unspecified atom stereocenters. The van der Waals surface area contributed by atoms with E-state index in [1.54, 1.807) is 6.92 Å². The molecule has 0 spiro atoms.